The Morgan fingerprint density at radius 1 is 0.839 bits per heavy atom. The molecule has 3 aliphatic rings. The molecular formula is C19H29N5O5S2. The molecule has 0 aromatic heterocycles. The number of carbonyl (C=O) groups is 1. The van der Waals surface area contributed by atoms with Crippen LogP contribution in [0.2, 0.25) is 0 Å². The summed E-state index contributed by atoms with van der Waals surface area (Å²) in [6, 6.07) is 5.91. The van der Waals surface area contributed by atoms with E-state index < -0.39 is 20.2 Å². The van der Waals surface area contributed by atoms with Crippen LogP contribution < -0.4 is 4.72 Å². The minimum absolute atomic E-state index is 0.0183. The third kappa shape index (κ3) is 5.10. The van der Waals surface area contributed by atoms with Crippen LogP contribution in [0.25, 0.3) is 0 Å². The molecule has 10 nitrogen and oxygen atoms in total. The number of rotatable bonds is 6. The summed E-state index contributed by atoms with van der Waals surface area (Å²) in [5, 5.41) is 0. The molecule has 1 N–H and O–H groups in total. The van der Waals surface area contributed by atoms with Gasteiger partial charge in [-0.25, -0.2) is 13.1 Å². The van der Waals surface area contributed by atoms with Crippen LogP contribution in [0.1, 0.15) is 23.2 Å². The minimum atomic E-state index is -3.56. The van der Waals surface area contributed by atoms with Crippen LogP contribution in [0.4, 0.5) is 0 Å². The molecule has 172 valence electrons. The highest BCUT2D eigenvalue weighted by Crippen LogP contribution is 2.22. The zero-order chi connectivity index (χ0) is 22.2. The fourth-order valence-electron chi connectivity index (χ4n) is 3.75. The Balaban J connectivity index is 1.35. The van der Waals surface area contributed by atoms with Crippen molar-refractivity contribution in [3.8, 4) is 0 Å². The monoisotopic (exact) mass is 471 g/mol. The molecule has 2 aliphatic heterocycles. The van der Waals surface area contributed by atoms with Crippen LogP contribution >= 0.6 is 0 Å². The summed E-state index contributed by atoms with van der Waals surface area (Å²) in [6.07, 6.45) is 1.71. The summed E-state index contributed by atoms with van der Waals surface area (Å²) in [5.74, 6) is -0.226. The van der Waals surface area contributed by atoms with Gasteiger partial charge in [0.05, 0.1) is 4.90 Å². The molecular weight excluding hydrogens is 442 g/mol. The van der Waals surface area contributed by atoms with Gasteiger partial charge in [-0.05, 0) is 44.2 Å². The zero-order valence-electron chi connectivity index (χ0n) is 17.6. The number of likely N-dealkylation sites (N-methyl/N-ethyl adjacent to an activating group) is 1. The van der Waals surface area contributed by atoms with Crippen LogP contribution in [0.15, 0.2) is 29.2 Å². The first-order chi connectivity index (χ1) is 14.7. The Morgan fingerprint density at radius 3 is 1.87 bits per heavy atom. The Morgan fingerprint density at radius 2 is 1.35 bits per heavy atom. The van der Waals surface area contributed by atoms with Crippen molar-refractivity contribution in [3.05, 3.63) is 29.8 Å². The lowest BCUT2D eigenvalue weighted by Crippen LogP contribution is -2.57. The number of nitrogens with one attached hydrogen (secondary N) is 1. The Hall–Kier alpha value is -1.57. The molecule has 1 aromatic carbocycles. The summed E-state index contributed by atoms with van der Waals surface area (Å²) in [7, 11) is -5.11. The van der Waals surface area contributed by atoms with Crippen molar-refractivity contribution in [2.45, 2.75) is 23.8 Å². The van der Waals surface area contributed by atoms with Crippen LogP contribution in [0, 0.1) is 0 Å². The van der Waals surface area contributed by atoms with Crippen LogP contribution in [-0.2, 0) is 20.2 Å². The number of amides is 1. The molecule has 1 aliphatic carbocycles. The molecule has 1 aromatic rings. The van der Waals surface area contributed by atoms with Gasteiger partial charge in [0, 0.05) is 64.0 Å². The maximum atomic E-state index is 12.9. The third-order valence-corrected chi connectivity index (χ3v) is 9.52. The average molecular weight is 472 g/mol. The SMILES string of the molecule is CN1CCN(S(=O)(=O)N2CCN(C(=O)c3ccc(S(=O)(=O)NC4CC4)cc3)CC2)CC1. The van der Waals surface area contributed by atoms with E-state index in [4.69, 9.17) is 0 Å². The van der Waals surface area contributed by atoms with Gasteiger partial charge >= 0.3 is 0 Å². The second kappa shape index (κ2) is 8.75. The molecule has 31 heavy (non-hydrogen) atoms. The Bertz CT molecular complexity index is 1010. The second-order valence-electron chi connectivity index (χ2n) is 8.32. The molecule has 2 saturated heterocycles. The van der Waals surface area contributed by atoms with Gasteiger partial charge < -0.3 is 9.80 Å². The van der Waals surface area contributed by atoms with Gasteiger partial charge in [0.2, 0.25) is 10.0 Å². The number of piperazine rings is 2. The molecule has 1 amide bonds. The van der Waals surface area contributed by atoms with E-state index in [2.05, 4.69) is 9.62 Å². The van der Waals surface area contributed by atoms with E-state index in [0.717, 1.165) is 12.8 Å². The molecule has 0 atom stereocenters. The first-order valence-corrected chi connectivity index (χ1v) is 13.4. The van der Waals surface area contributed by atoms with Crippen molar-refractivity contribution >= 4 is 26.1 Å². The number of hydrogen-bond acceptors (Lipinski definition) is 6. The minimum Gasteiger partial charge on any atom is -0.336 e. The number of hydrogen-bond donors (Lipinski definition) is 1. The normalized spacial score (nSPS) is 22.5. The van der Waals surface area contributed by atoms with Crippen LogP contribution in [0.5, 0.6) is 0 Å². The lowest BCUT2D eigenvalue weighted by Gasteiger charge is -2.39. The fourth-order valence-corrected chi connectivity index (χ4v) is 6.63. The van der Waals surface area contributed by atoms with E-state index in [1.165, 1.54) is 32.9 Å². The van der Waals surface area contributed by atoms with Crippen molar-refractivity contribution in [3.63, 3.8) is 0 Å². The van der Waals surface area contributed by atoms with E-state index in [1.54, 1.807) is 4.90 Å². The molecule has 0 unspecified atom stereocenters. The van der Waals surface area contributed by atoms with E-state index in [1.807, 2.05) is 7.05 Å². The van der Waals surface area contributed by atoms with E-state index in [0.29, 0.717) is 44.8 Å². The summed E-state index contributed by atoms with van der Waals surface area (Å²) < 4.78 is 55.9. The highest BCUT2D eigenvalue weighted by molar-refractivity contribution is 7.89. The lowest BCUT2D eigenvalue weighted by molar-refractivity contribution is 0.0692. The standard InChI is InChI=1S/C19H29N5O5S2/c1-21-8-12-23(13-9-21)31(28,29)24-14-10-22(11-15-24)19(25)16-2-6-18(7-3-16)30(26,27)20-17-4-5-17/h2-3,6-7,17,20H,4-5,8-15H2,1H3. The molecule has 12 heteroatoms. The molecule has 0 radical (unpaired) electrons. The third-order valence-electron chi connectivity index (χ3n) is 5.95. The first kappa shape index (κ1) is 22.6. The maximum absolute atomic E-state index is 12.9. The van der Waals surface area contributed by atoms with E-state index in [-0.39, 0.29) is 29.9 Å². The second-order valence-corrected chi connectivity index (χ2v) is 12.0. The van der Waals surface area contributed by atoms with Gasteiger partial charge in [-0.2, -0.15) is 17.0 Å². The van der Waals surface area contributed by atoms with E-state index >= 15 is 0 Å². The van der Waals surface area contributed by atoms with Crippen LogP contribution in [0.3, 0.4) is 0 Å². The predicted molar refractivity (Wildman–Crippen MR) is 115 cm³/mol. The van der Waals surface area contributed by atoms with Gasteiger partial charge in [0.1, 0.15) is 0 Å². The summed E-state index contributed by atoms with van der Waals surface area (Å²) in [6.45, 7) is 3.46. The first-order valence-electron chi connectivity index (χ1n) is 10.5. The Kier molecular flexibility index (Phi) is 6.39. The molecule has 1 saturated carbocycles. The summed E-state index contributed by atoms with van der Waals surface area (Å²) in [5.41, 5.74) is 0.390. The highest BCUT2D eigenvalue weighted by Gasteiger charge is 2.35. The number of nitrogens with zero attached hydrogens (tertiary/aromatic N) is 4. The topological polar surface area (TPSA) is 110 Å². The zero-order valence-corrected chi connectivity index (χ0v) is 19.2. The van der Waals surface area contributed by atoms with Crippen molar-refractivity contribution in [1.82, 2.24) is 23.1 Å². The van der Waals surface area contributed by atoms with Gasteiger partial charge in [-0.15, -0.1) is 0 Å². The van der Waals surface area contributed by atoms with E-state index in [9.17, 15) is 21.6 Å². The summed E-state index contributed by atoms with van der Waals surface area (Å²) >= 11 is 0. The van der Waals surface area contributed by atoms with Gasteiger partial charge in [0.15, 0.2) is 0 Å². The Labute approximate surface area is 184 Å². The smallest absolute Gasteiger partial charge is 0.282 e. The predicted octanol–water partition coefficient (Wildman–Crippen LogP) is -0.623. The lowest BCUT2D eigenvalue weighted by atomic mass is 10.2. The van der Waals surface area contributed by atoms with Crippen molar-refractivity contribution < 1.29 is 21.6 Å². The molecule has 2 heterocycles. The highest BCUT2D eigenvalue weighted by atomic mass is 32.2. The number of benzene rings is 1. The van der Waals surface area contributed by atoms with Crippen molar-refractivity contribution in [1.29, 1.82) is 0 Å². The van der Waals surface area contributed by atoms with Gasteiger partial charge in [-0.3, -0.25) is 4.79 Å². The largest absolute Gasteiger partial charge is 0.336 e. The van der Waals surface area contributed by atoms with Crippen molar-refractivity contribution in [2.75, 3.05) is 59.4 Å². The van der Waals surface area contributed by atoms with Gasteiger partial charge in [0.25, 0.3) is 16.1 Å². The quantitative estimate of drug-likeness (QED) is 0.592. The molecule has 3 fully saturated rings. The van der Waals surface area contributed by atoms with Gasteiger partial charge in [-0.1, -0.05) is 0 Å². The fraction of sp³-hybridized carbons (Fsp3) is 0.632. The van der Waals surface area contributed by atoms with Crippen LogP contribution in [-0.4, -0.2) is 107 Å². The number of sulfonamides is 1. The average Bonchev–Trinajstić information content (AvgIpc) is 3.57. The number of carbonyl (C=O) groups excluding carboxylic acids is 1. The molecule has 0 bridgehead atoms. The summed E-state index contributed by atoms with van der Waals surface area (Å²) in [4.78, 5) is 16.7. The molecule has 4 rings (SSSR count). The molecule has 0 spiro atoms. The maximum Gasteiger partial charge on any atom is 0.282 e. The van der Waals surface area contributed by atoms with Crippen molar-refractivity contribution in [2.24, 2.45) is 0 Å².